The minimum atomic E-state index is 0.900. The third kappa shape index (κ3) is 7.59. The van der Waals surface area contributed by atoms with Crippen LogP contribution in [0.1, 0.15) is 19.8 Å². The molecule has 0 spiro atoms. The third-order valence-electron chi connectivity index (χ3n) is 1.62. The third-order valence-corrected chi connectivity index (χ3v) is 1.62. The van der Waals surface area contributed by atoms with Crippen molar-refractivity contribution in [2.45, 2.75) is 19.8 Å². The molecule has 70 valence electrons. The van der Waals surface area contributed by atoms with Crippen LogP contribution in [0, 0.1) is 11.8 Å². The van der Waals surface area contributed by atoms with E-state index in [1.54, 1.807) is 0 Å². The zero-order valence-electron chi connectivity index (χ0n) is 8.48. The summed E-state index contributed by atoms with van der Waals surface area (Å²) in [6.07, 6.45) is 2.16. The molecule has 0 bridgehead atoms. The van der Waals surface area contributed by atoms with Crippen molar-refractivity contribution in [3.8, 4) is 11.8 Å². The van der Waals surface area contributed by atoms with E-state index in [1.165, 1.54) is 6.42 Å². The van der Waals surface area contributed by atoms with Gasteiger partial charge in [0.05, 0.1) is 6.54 Å². The van der Waals surface area contributed by atoms with Crippen molar-refractivity contribution in [3.05, 3.63) is 0 Å². The van der Waals surface area contributed by atoms with Gasteiger partial charge in [0, 0.05) is 6.42 Å². The second kappa shape index (κ2) is 8.58. The first-order valence-corrected chi connectivity index (χ1v) is 4.60. The predicted octanol–water partition coefficient (Wildman–Crippen LogP) is 0.941. The van der Waals surface area contributed by atoms with Crippen LogP contribution >= 0.6 is 0 Å². The van der Waals surface area contributed by atoms with E-state index in [-0.39, 0.29) is 0 Å². The molecule has 0 fully saturated rings. The molecular formula is C10H20N2. The number of rotatable bonds is 5. The topological polar surface area (TPSA) is 15.3 Å². The lowest BCUT2D eigenvalue weighted by Gasteiger charge is -2.12. The Hall–Kier alpha value is -0.520. The molecule has 0 aromatic rings. The van der Waals surface area contributed by atoms with Crippen molar-refractivity contribution in [1.82, 2.24) is 10.2 Å². The van der Waals surface area contributed by atoms with Crippen molar-refractivity contribution in [2.24, 2.45) is 0 Å². The second-order valence-corrected chi connectivity index (χ2v) is 2.90. The number of nitrogens with one attached hydrogen (secondary N) is 1. The molecule has 0 aromatic carbocycles. The molecule has 0 atom stereocenters. The van der Waals surface area contributed by atoms with Crippen LogP contribution in [0.2, 0.25) is 0 Å². The Bertz CT molecular complexity index is 144. The van der Waals surface area contributed by atoms with E-state index in [9.17, 15) is 0 Å². The first-order valence-electron chi connectivity index (χ1n) is 4.60. The van der Waals surface area contributed by atoms with Gasteiger partial charge in [0.1, 0.15) is 0 Å². The van der Waals surface area contributed by atoms with Crippen LogP contribution in [0.4, 0.5) is 0 Å². The minimum absolute atomic E-state index is 0.900. The molecule has 1 N–H and O–H groups in total. The Morgan fingerprint density at radius 2 is 2.08 bits per heavy atom. The van der Waals surface area contributed by atoms with Crippen LogP contribution in [-0.4, -0.2) is 38.6 Å². The standard InChI is InChI=1S/C10H20N2/c1-4-5-6-9-12(3)10-7-8-11-2/h11H,4,7-10H2,1-3H3. The fourth-order valence-corrected chi connectivity index (χ4v) is 0.921. The SMILES string of the molecule is CCC#CCN(C)CCCNC. The zero-order valence-corrected chi connectivity index (χ0v) is 8.48. The molecule has 2 nitrogen and oxygen atoms in total. The summed E-state index contributed by atoms with van der Waals surface area (Å²) < 4.78 is 0. The van der Waals surface area contributed by atoms with E-state index in [1.807, 2.05) is 7.05 Å². The van der Waals surface area contributed by atoms with E-state index in [4.69, 9.17) is 0 Å². The lowest BCUT2D eigenvalue weighted by molar-refractivity contribution is 0.367. The Balaban J connectivity index is 3.27. The summed E-state index contributed by atoms with van der Waals surface area (Å²) in [7, 11) is 4.09. The summed E-state index contributed by atoms with van der Waals surface area (Å²) >= 11 is 0. The van der Waals surface area contributed by atoms with Crippen LogP contribution in [0.3, 0.4) is 0 Å². The maximum absolute atomic E-state index is 3.13. The summed E-state index contributed by atoms with van der Waals surface area (Å²) in [5, 5.41) is 3.13. The van der Waals surface area contributed by atoms with Crippen LogP contribution in [-0.2, 0) is 0 Å². The lowest BCUT2D eigenvalue weighted by Crippen LogP contribution is -2.23. The zero-order chi connectivity index (χ0) is 9.23. The average molecular weight is 168 g/mol. The van der Waals surface area contributed by atoms with E-state index >= 15 is 0 Å². The van der Waals surface area contributed by atoms with E-state index in [0.717, 1.165) is 26.1 Å². The van der Waals surface area contributed by atoms with Crippen molar-refractivity contribution in [2.75, 3.05) is 33.7 Å². The van der Waals surface area contributed by atoms with Crippen LogP contribution < -0.4 is 5.32 Å². The van der Waals surface area contributed by atoms with Gasteiger partial charge in [-0.1, -0.05) is 12.8 Å². The molecule has 0 unspecified atom stereocenters. The Morgan fingerprint density at radius 1 is 1.33 bits per heavy atom. The highest BCUT2D eigenvalue weighted by Crippen LogP contribution is 1.84. The van der Waals surface area contributed by atoms with Gasteiger partial charge in [-0.15, -0.1) is 5.92 Å². The van der Waals surface area contributed by atoms with Gasteiger partial charge in [0.2, 0.25) is 0 Å². The van der Waals surface area contributed by atoms with Gasteiger partial charge >= 0.3 is 0 Å². The van der Waals surface area contributed by atoms with Crippen LogP contribution in [0.5, 0.6) is 0 Å². The smallest absolute Gasteiger partial charge is 0.0599 e. The molecule has 0 saturated heterocycles. The van der Waals surface area contributed by atoms with Gasteiger partial charge in [-0.05, 0) is 33.6 Å². The van der Waals surface area contributed by atoms with Crippen molar-refractivity contribution in [1.29, 1.82) is 0 Å². The highest BCUT2D eigenvalue weighted by molar-refractivity contribution is 4.99. The molecule has 12 heavy (non-hydrogen) atoms. The van der Waals surface area contributed by atoms with Crippen LogP contribution in [0.25, 0.3) is 0 Å². The Kier molecular flexibility index (Phi) is 8.20. The Labute approximate surface area is 76.3 Å². The molecule has 0 aliphatic rings. The number of hydrogen-bond acceptors (Lipinski definition) is 2. The molecule has 0 aromatic heterocycles. The maximum atomic E-state index is 3.13. The van der Waals surface area contributed by atoms with E-state index < -0.39 is 0 Å². The van der Waals surface area contributed by atoms with E-state index in [2.05, 4.69) is 36.0 Å². The highest BCUT2D eigenvalue weighted by Gasteiger charge is 1.92. The summed E-state index contributed by atoms with van der Waals surface area (Å²) in [4.78, 5) is 2.25. The summed E-state index contributed by atoms with van der Waals surface area (Å²) in [6, 6.07) is 0. The maximum Gasteiger partial charge on any atom is 0.0599 e. The van der Waals surface area contributed by atoms with Gasteiger partial charge < -0.3 is 5.32 Å². The normalized spacial score (nSPS) is 9.67. The highest BCUT2D eigenvalue weighted by atomic mass is 15.1. The van der Waals surface area contributed by atoms with E-state index in [0.29, 0.717) is 0 Å². The molecule has 0 amide bonds. The average Bonchev–Trinajstić information content (AvgIpc) is 2.06. The quantitative estimate of drug-likeness (QED) is 0.485. The Morgan fingerprint density at radius 3 is 2.67 bits per heavy atom. The fraction of sp³-hybridized carbons (Fsp3) is 0.800. The van der Waals surface area contributed by atoms with Crippen LogP contribution in [0.15, 0.2) is 0 Å². The molecule has 0 aliphatic carbocycles. The predicted molar refractivity (Wildman–Crippen MR) is 54.1 cm³/mol. The molecule has 0 aliphatic heterocycles. The molecule has 2 heteroatoms. The summed E-state index contributed by atoms with van der Waals surface area (Å²) in [6.45, 7) is 5.19. The molecule has 0 heterocycles. The minimum Gasteiger partial charge on any atom is -0.320 e. The van der Waals surface area contributed by atoms with Crippen molar-refractivity contribution >= 4 is 0 Å². The molecule has 0 radical (unpaired) electrons. The van der Waals surface area contributed by atoms with Crippen molar-refractivity contribution < 1.29 is 0 Å². The van der Waals surface area contributed by atoms with Gasteiger partial charge in [-0.3, -0.25) is 4.90 Å². The first kappa shape index (κ1) is 11.5. The fourth-order valence-electron chi connectivity index (χ4n) is 0.921. The van der Waals surface area contributed by atoms with Gasteiger partial charge in [0.15, 0.2) is 0 Å². The van der Waals surface area contributed by atoms with Gasteiger partial charge in [-0.2, -0.15) is 0 Å². The largest absolute Gasteiger partial charge is 0.320 e. The summed E-state index contributed by atoms with van der Waals surface area (Å²) in [5.41, 5.74) is 0. The number of nitrogens with zero attached hydrogens (tertiary/aromatic N) is 1. The monoisotopic (exact) mass is 168 g/mol. The number of hydrogen-bond donors (Lipinski definition) is 1. The van der Waals surface area contributed by atoms with Gasteiger partial charge in [-0.25, -0.2) is 0 Å². The first-order chi connectivity index (χ1) is 5.81. The van der Waals surface area contributed by atoms with Crippen molar-refractivity contribution in [3.63, 3.8) is 0 Å². The van der Waals surface area contributed by atoms with Gasteiger partial charge in [0.25, 0.3) is 0 Å². The molecule has 0 rings (SSSR count). The summed E-state index contributed by atoms with van der Waals surface area (Å²) in [5.74, 6) is 6.18. The lowest BCUT2D eigenvalue weighted by atomic mass is 10.4. The second-order valence-electron chi connectivity index (χ2n) is 2.90. The molecule has 0 saturated carbocycles. The molecular weight excluding hydrogens is 148 g/mol.